The topological polar surface area (TPSA) is 111 Å². The summed E-state index contributed by atoms with van der Waals surface area (Å²) in [5, 5.41) is 6.72. The molecule has 7 nitrogen and oxygen atoms in total. The van der Waals surface area contributed by atoms with Gasteiger partial charge in [0.15, 0.2) is 0 Å². The number of carbonyl (C=O) groups excluding carboxylic acids is 2. The number of aromatic nitrogens is 2. The second kappa shape index (κ2) is 6.51. The molecule has 2 aromatic heterocycles. The van der Waals surface area contributed by atoms with E-state index in [1.165, 1.54) is 6.07 Å². The maximum atomic E-state index is 12.3. The van der Waals surface area contributed by atoms with Crippen molar-refractivity contribution in [3.8, 4) is 11.3 Å². The van der Waals surface area contributed by atoms with Gasteiger partial charge in [0, 0.05) is 28.5 Å². The molecule has 3 aromatic rings. The molecular formula is C16H11ClN4O3. The second-order valence-electron chi connectivity index (χ2n) is 4.80. The molecule has 2 heterocycles. The largest absolute Gasteiger partial charge is 0.365 e. The Balaban J connectivity index is 1.96. The maximum Gasteiger partial charge on any atom is 0.258 e. The Kier molecular flexibility index (Phi) is 4.26. The van der Waals surface area contributed by atoms with E-state index in [1.807, 2.05) is 0 Å². The molecule has 3 rings (SSSR count). The Labute approximate surface area is 141 Å². The Morgan fingerprint density at radius 2 is 1.92 bits per heavy atom. The molecule has 0 bridgehead atoms. The van der Waals surface area contributed by atoms with Crippen LogP contribution in [0.1, 0.15) is 20.7 Å². The minimum Gasteiger partial charge on any atom is -0.365 e. The summed E-state index contributed by atoms with van der Waals surface area (Å²) < 4.78 is 5.10. The van der Waals surface area contributed by atoms with Gasteiger partial charge in [-0.1, -0.05) is 22.8 Å². The predicted molar refractivity (Wildman–Crippen MR) is 87.7 cm³/mol. The molecular weight excluding hydrogens is 332 g/mol. The van der Waals surface area contributed by atoms with E-state index in [4.69, 9.17) is 21.9 Å². The lowest BCUT2D eigenvalue weighted by molar-refractivity contribution is 0.100. The quantitative estimate of drug-likeness (QED) is 0.757. The number of nitrogens with one attached hydrogen (secondary N) is 1. The van der Waals surface area contributed by atoms with Crippen molar-refractivity contribution >= 4 is 29.3 Å². The number of anilines is 1. The molecule has 0 radical (unpaired) electrons. The van der Waals surface area contributed by atoms with E-state index >= 15 is 0 Å². The molecule has 0 saturated carbocycles. The molecule has 2 amide bonds. The van der Waals surface area contributed by atoms with Crippen molar-refractivity contribution in [3.63, 3.8) is 0 Å². The van der Waals surface area contributed by atoms with Gasteiger partial charge in [-0.25, -0.2) is 0 Å². The summed E-state index contributed by atoms with van der Waals surface area (Å²) in [6.07, 6.45) is 3.08. The highest BCUT2D eigenvalue weighted by atomic mass is 35.5. The van der Waals surface area contributed by atoms with Crippen LogP contribution in [-0.2, 0) is 0 Å². The van der Waals surface area contributed by atoms with Gasteiger partial charge >= 0.3 is 0 Å². The fourth-order valence-electron chi connectivity index (χ4n) is 2.12. The van der Waals surface area contributed by atoms with E-state index in [0.717, 1.165) is 0 Å². The Hall–Kier alpha value is -3.19. The van der Waals surface area contributed by atoms with Gasteiger partial charge in [0.1, 0.15) is 11.3 Å². The maximum absolute atomic E-state index is 12.3. The zero-order chi connectivity index (χ0) is 17.1. The molecule has 8 heteroatoms. The molecule has 0 aliphatic rings. The van der Waals surface area contributed by atoms with Crippen molar-refractivity contribution in [3.05, 3.63) is 64.9 Å². The second-order valence-corrected chi connectivity index (χ2v) is 5.24. The van der Waals surface area contributed by atoms with Crippen LogP contribution in [0.4, 0.5) is 5.88 Å². The lowest BCUT2D eigenvalue weighted by atomic mass is 10.1. The van der Waals surface area contributed by atoms with Gasteiger partial charge in [-0.15, -0.1) is 0 Å². The predicted octanol–water partition coefficient (Wildman–Crippen LogP) is 2.74. The van der Waals surface area contributed by atoms with Crippen molar-refractivity contribution in [2.45, 2.75) is 0 Å². The number of nitrogens with zero attached hydrogens (tertiary/aromatic N) is 2. The average Bonchev–Trinajstić information content (AvgIpc) is 2.99. The lowest BCUT2D eigenvalue weighted by Crippen LogP contribution is -2.17. The molecule has 0 fully saturated rings. The average molecular weight is 343 g/mol. The van der Waals surface area contributed by atoms with Gasteiger partial charge in [0.25, 0.3) is 11.8 Å². The molecule has 0 atom stereocenters. The number of carbonyl (C=O) groups is 2. The first-order valence-electron chi connectivity index (χ1n) is 6.83. The Bertz CT molecular complexity index is 909. The highest BCUT2D eigenvalue weighted by Crippen LogP contribution is 2.28. The highest BCUT2D eigenvalue weighted by Gasteiger charge is 2.24. The Morgan fingerprint density at radius 3 is 2.58 bits per heavy atom. The van der Waals surface area contributed by atoms with Crippen molar-refractivity contribution in [2.75, 3.05) is 5.32 Å². The van der Waals surface area contributed by atoms with Crippen LogP contribution >= 0.6 is 11.6 Å². The van der Waals surface area contributed by atoms with Crippen molar-refractivity contribution in [1.82, 2.24) is 10.1 Å². The number of halogens is 1. The first-order valence-corrected chi connectivity index (χ1v) is 7.21. The monoisotopic (exact) mass is 342 g/mol. The molecule has 0 unspecified atom stereocenters. The van der Waals surface area contributed by atoms with Crippen LogP contribution in [0.5, 0.6) is 0 Å². The van der Waals surface area contributed by atoms with E-state index in [1.54, 1.807) is 42.7 Å². The molecule has 1 aromatic carbocycles. The number of nitrogens with two attached hydrogens (primary N) is 1. The van der Waals surface area contributed by atoms with Crippen molar-refractivity contribution in [1.29, 1.82) is 0 Å². The van der Waals surface area contributed by atoms with E-state index in [2.05, 4.69) is 15.5 Å². The fraction of sp³-hybridized carbons (Fsp3) is 0. The summed E-state index contributed by atoms with van der Waals surface area (Å²) in [7, 11) is 0. The van der Waals surface area contributed by atoms with Crippen molar-refractivity contribution in [2.24, 2.45) is 5.73 Å². The third-order valence-electron chi connectivity index (χ3n) is 3.21. The first-order chi connectivity index (χ1) is 11.6. The molecule has 24 heavy (non-hydrogen) atoms. The number of hydrogen-bond acceptors (Lipinski definition) is 5. The SMILES string of the molecule is NC(=O)c1c(-c2ccncc2)noc1NC(=O)c1cccc(Cl)c1. The van der Waals surface area contributed by atoms with Crippen LogP contribution in [-0.4, -0.2) is 22.0 Å². The fourth-order valence-corrected chi connectivity index (χ4v) is 2.31. The molecule has 0 aliphatic heterocycles. The summed E-state index contributed by atoms with van der Waals surface area (Å²) in [5.41, 5.74) is 6.51. The normalized spacial score (nSPS) is 10.4. The third-order valence-corrected chi connectivity index (χ3v) is 3.44. The summed E-state index contributed by atoms with van der Waals surface area (Å²) in [4.78, 5) is 27.9. The summed E-state index contributed by atoms with van der Waals surface area (Å²) in [6.45, 7) is 0. The van der Waals surface area contributed by atoms with Crippen molar-refractivity contribution < 1.29 is 14.1 Å². The standard InChI is InChI=1S/C16H11ClN4O3/c17-11-3-1-2-10(8-11)15(23)20-16-12(14(18)22)13(21-24-16)9-4-6-19-7-5-9/h1-8H,(H2,18,22)(H,20,23). The minimum atomic E-state index is -0.774. The molecule has 120 valence electrons. The van der Waals surface area contributed by atoms with E-state index in [-0.39, 0.29) is 17.1 Å². The van der Waals surface area contributed by atoms with Gasteiger partial charge in [0.05, 0.1) is 0 Å². The zero-order valence-electron chi connectivity index (χ0n) is 12.2. The molecule has 3 N–H and O–H groups in total. The molecule has 0 saturated heterocycles. The molecule has 0 aliphatic carbocycles. The first kappa shape index (κ1) is 15.7. The van der Waals surface area contributed by atoms with Gasteiger partial charge in [-0.3, -0.25) is 19.9 Å². The van der Waals surface area contributed by atoms with E-state index < -0.39 is 11.8 Å². The number of primary amides is 1. The van der Waals surface area contributed by atoms with E-state index in [9.17, 15) is 9.59 Å². The number of hydrogen-bond donors (Lipinski definition) is 2. The summed E-state index contributed by atoms with van der Waals surface area (Å²) >= 11 is 5.86. The van der Waals surface area contributed by atoms with Crippen LogP contribution in [0.25, 0.3) is 11.3 Å². The number of rotatable bonds is 4. The molecule has 0 spiro atoms. The van der Waals surface area contributed by atoms with Gasteiger partial charge in [-0.2, -0.15) is 0 Å². The summed E-state index contributed by atoms with van der Waals surface area (Å²) in [5.74, 6) is -1.40. The van der Waals surface area contributed by atoms with Gasteiger partial charge < -0.3 is 10.3 Å². The summed E-state index contributed by atoms with van der Waals surface area (Å²) in [6, 6.07) is 9.63. The number of pyridine rings is 1. The minimum absolute atomic E-state index is 0.0171. The number of amides is 2. The van der Waals surface area contributed by atoms with Crippen LogP contribution in [0, 0.1) is 0 Å². The smallest absolute Gasteiger partial charge is 0.258 e. The van der Waals surface area contributed by atoms with Crippen LogP contribution in [0.15, 0.2) is 53.3 Å². The number of benzene rings is 1. The zero-order valence-corrected chi connectivity index (χ0v) is 12.9. The van der Waals surface area contributed by atoms with Gasteiger partial charge in [0.2, 0.25) is 5.88 Å². The van der Waals surface area contributed by atoms with Crippen LogP contribution in [0.2, 0.25) is 5.02 Å². The third kappa shape index (κ3) is 3.11. The van der Waals surface area contributed by atoms with Gasteiger partial charge in [-0.05, 0) is 30.3 Å². The lowest BCUT2D eigenvalue weighted by Gasteiger charge is -2.04. The van der Waals surface area contributed by atoms with Crippen LogP contribution in [0.3, 0.4) is 0 Å². The Morgan fingerprint density at radius 1 is 1.17 bits per heavy atom. The van der Waals surface area contributed by atoms with E-state index in [0.29, 0.717) is 16.1 Å². The highest BCUT2D eigenvalue weighted by molar-refractivity contribution is 6.31. The van der Waals surface area contributed by atoms with Crippen LogP contribution < -0.4 is 11.1 Å².